The molecular weight excluding hydrogens is 419 g/mol. The molecule has 0 aliphatic rings. The monoisotopic (exact) mass is 439 g/mol. The summed E-state index contributed by atoms with van der Waals surface area (Å²) < 4.78 is 42.0. The molecular formula is C20H20F3N3O3S. The molecule has 2 aromatic heterocycles. The Kier molecular flexibility index (Phi) is 6.16. The van der Waals surface area contributed by atoms with Gasteiger partial charge in [-0.15, -0.1) is 11.3 Å². The van der Waals surface area contributed by atoms with E-state index in [1.807, 2.05) is 13.8 Å². The number of benzene rings is 1. The second-order valence-corrected chi connectivity index (χ2v) is 8.15. The molecule has 1 aromatic carbocycles. The van der Waals surface area contributed by atoms with Crippen LogP contribution < -0.4 is 16.6 Å². The SMILES string of the molecule is CC(C)CCn1c(=O)c2sccc2n(CC(=O)Nc2ccccc2C(F)(F)F)c1=O. The number of carbonyl (C=O) groups is 1. The molecule has 2 heterocycles. The highest BCUT2D eigenvalue weighted by molar-refractivity contribution is 7.17. The molecule has 1 N–H and O–H groups in total. The number of aromatic nitrogens is 2. The molecule has 0 spiro atoms. The third-order valence-corrected chi connectivity index (χ3v) is 5.47. The lowest BCUT2D eigenvalue weighted by atomic mass is 10.1. The van der Waals surface area contributed by atoms with Crippen LogP contribution in [0.1, 0.15) is 25.8 Å². The van der Waals surface area contributed by atoms with Crippen molar-refractivity contribution in [3.8, 4) is 0 Å². The lowest BCUT2D eigenvalue weighted by Crippen LogP contribution is -2.41. The zero-order chi connectivity index (χ0) is 22.1. The Labute approximate surface area is 173 Å². The number of halogens is 3. The maximum atomic E-state index is 13.2. The molecule has 0 radical (unpaired) electrons. The van der Waals surface area contributed by atoms with E-state index in [0.29, 0.717) is 11.1 Å². The van der Waals surface area contributed by atoms with Crippen LogP contribution in [0.4, 0.5) is 18.9 Å². The Bertz CT molecular complexity index is 1190. The average molecular weight is 439 g/mol. The van der Waals surface area contributed by atoms with Gasteiger partial charge in [-0.3, -0.25) is 18.7 Å². The summed E-state index contributed by atoms with van der Waals surface area (Å²) >= 11 is 1.15. The van der Waals surface area contributed by atoms with Gasteiger partial charge in [-0.25, -0.2) is 4.79 Å². The number of hydrogen-bond donors (Lipinski definition) is 1. The molecule has 0 saturated carbocycles. The number of fused-ring (bicyclic) bond motifs is 1. The molecule has 0 fully saturated rings. The standard InChI is InChI=1S/C20H20F3N3O3S/c1-12(2)7-9-25-18(28)17-15(8-10-30-17)26(19(25)29)11-16(27)24-14-6-4-3-5-13(14)20(21,22)23/h3-6,8,10,12H,7,9,11H2,1-2H3,(H,24,27). The Balaban J connectivity index is 1.97. The number of thiophene rings is 1. The van der Waals surface area contributed by atoms with E-state index < -0.39 is 41.1 Å². The fraction of sp³-hybridized carbons (Fsp3) is 0.350. The Morgan fingerprint density at radius 2 is 1.83 bits per heavy atom. The largest absolute Gasteiger partial charge is 0.418 e. The Morgan fingerprint density at radius 3 is 2.50 bits per heavy atom. The van der Waals surface area contributed by atoms with Gasteiger partial charge >= 0.3 is 11.9 Å². The van der Waals surface area contributed by atoms with Gasteiger partial charge < -0.3 is 5.32 Å². The summed E-state index contributed by atoms with van der Waals surface area (Å²) in [5.74, 6) is -0.540. The van der Waals surface area contributed by atoms with Crippen LogP contribution in [0.3, 0.4) is 0 Å². The number of nitrogens with zero attached hydrogens (tertiary/aromatic N) is 2. The van der Waals surface area contributed by atoms with E-state index >= 15 is 0 Å². The van der Waals surface area contributed by atoms with Crippen molar-refractivity contribution in [2.24, 2.45) is 5.92 Å². The third-order valence-electron chi connectivity index (χ3n) is 4.57. The van der Waals surface area contributed by atoms with Gasteiger partial charge in [0.15, 0.2) is 0 Å². The quantitative estimate of drug-likeness (QED) is 0.633. The van der Waals surface area contributed by atoms with Crippen molar-refractivity contribution in [1.29, 1.82) is 0 Å². The molecule has 0 aliphatic carbocycles. The average Bonchev–Trinajstić information content (AvgIpc) is 3.14. The number of para-hydroxylation sites is 1. The van der Waals surface area contributed by atoms with E-state index in [1.54, 1.807) is 11.4 Å². The molecule has 160 valence electrons. The smallest absolute Gasteiger partial charge is 0.324 e. The summed E-state index contributed by atoms with van der Waals surface area (Å²) in [4.78, 5) is 38.1. The number of nitrogens with one attached hydrogen (secondary N) is 1. The molecule has 6 nitrogen and oxygen atoms in total. The van der Waals surface area contributed by atoms with E-state index in [-0.39, 0.29) is 18.0 Å². The van der Waals surface area contributed by atoms with Crippen molar-refractivity contribution in [1.82, 2.24) is 9.13 Å². The van der Waals surface area contributed by atoms with E-state index in [2.05, 4.69) is 5.32 Å². The second kappa shape index (κ2) is 8.47. The normalized spacial score (nSPS) is 11.9. The fourth-order valence-electron chi connectivity index (χ4n) is 3.04. The van der Waals surface area contributed by atoms with E-state index in [9.17, 15) is 27.6 Å². The first-order chi connectivity index (χ1) is 14.1. The molecule has 0 saturated heterocycles. The summed E-state index contributed by atoms with van der Waals surface area (Å²) in [6.45, 7) is 3.60. The molecule has 0 unspecified atom stereocenters. The van der Waals surface area contributed by atoms with Crippen molar-refractivity contribution in [2.75, 3.05) is 5.32 Å². The highest BCUT2D eigenvalue weighted by Crippen LogP contribution is 2.34. The summed E-state index contributed by atoms with van der Waals surface area (Å²) in [6.07, 6.45) is -4.04. The number of carbonyl (C=O) groups excluding carboxylic acids is 1. The minimum absolute atomic E-state index is 0.196. The van der Waals surface area contributed by atoms with Crippen LogP contribution in [-0.2, 0) is 24.1 Å². The molecule has 30 heavy (non-hydrogen) atoms. The van der Waals surface area contributed by atoms with Gasteiger partial charge in [-0.2, -0.15) is 13.2 Å². The topological polar surface area (TPSA) is 73.1 Å². The number of amides is 1. The predicted molar refractivity (Wildman–Crippen MR) is 110 cm³/mol. The summed E-state index contributed by atoms with van der Waals surface area (Å²) in [7, 11) is 0. The fourth-order valence-corrected chi connectivity index (χ4v) is 3.89. The highest BCUT2D eigenvalue weighted by Gasteiger charge is 2.33. The highest BCUT2D eigenvalue weighted by atomic mass is 32.1. The maximum Gasteiger partial charge on any atom is 0.418 e. The van der Waals surface area contributed by atoms with Gasteiger partial charge in [0.05, 0.1) is 16.8 Å². The van der Waals surface area contributed by atoms with Crippen LogP contribution in [0.15, 0.2) is 45.3 Å². The van der Waals surface area contributed by atoms with Gasteiger partial charge in [0, 0.05) is 6.54 Å². The first kappa shape index (κ1) is 21.8. The van der Waals surface area contributed by atoms with E-state index in [1.165, 1.54) is 12.1 Å². The summed E-state index contributed by atoms with van der Waals surface area (Å²) in [5, 5.41) is 3.86. The molecule has 0 atom stereocenters. The van der Waals surface area contributed by atoms with Crippen LogP contribution in [0.2, 0.25) is 0 Å². The van der Waals surface area contributed by atoms with E-state index in [0.717, 1.165) is 32.6 Å². The van der Waals surface area contributed by atoms with Crippen LogP contribution in [0.25, 0.3) is 10.2 Å². The molecule has 3 aromatic rings. The van der Waals surface area contributed by atoms with Crippen LogP contribution in [0.5, 0.6) is 0 Å². The minimum atomic E-state index is -4.63. The van der Waals surface area contributed by atoms with Crippen LogP contribution in [0, 0.1) is 5.92 Å². The summed E-state index contributed by atoms with van der Waals surface area (Å²) in [5.41, 5.74) is -2.17. The predicted octanol–water partition coefficient (Wildman–Crippen LogP) is 3.93. The minimum Gasteiger partial charge on any atom is -0.324 e. The first-order valence-electron chi connectivity index (χ1n) is 9.26. The van der Waals surface area contributed by atoms with Gasteiger partial charge in [0.25, 0.3) is 5.56 Å². The van der Waals surface area contributed by atoms with Crippen molar-refractivity contribution in [3.63, 3.8) is 0 Å². The van der Waals surface area contributed by atoms with Gasteiger partial charge in [-0.05, 0) is 35.9 Å². The molecule has 0 aliphatic heterocycles. The first-order valence-corrected chi connectivity index (χ1v) is 10.1. The lowest BCUT2D eigenvalue weighted by Gasteiger charge is -2.15. The van der Waals surface area contributed by atoms with Gasteiger partial charge in [0.1, 0.15) is 11.2 Å². The van der Waals surface area contributed by atoms with Crippen molar-refractivity contribution >= 4 is 33.1 Å². The maximum absolute atomic E-state index is 13.2. The molecule has 1 amide bonds. The Morgan fingerprint density at radius 1 is 1.13 bits per heavy atom. The van der Waals surface area contributed by atoms with Crippen LogP contribution >= 0.6 is 11.3 Å². The van der Waals surface area contributed by atoms with Crippen molar-refractivity contribution < 1.29 is 18.0 Å². The number of hydrogen-bond acceptors (Lipinski definition) is 4. The molecule has 0 bridgehead atoms. The second-order valence-electron chi connectivity index (χ2n) is 7.23. The van der Waals surface area contributed by atoms with Crippen LogP contribution in [-0.4, -0.2) is 15.0 Å². The molecule has 10 heteroatoms. The Hall–Kier alpha value is -2.88. The number of anilines is 1. The molecule has 3 rings (SSSR count). The lowest BCUT2D eigenvalue weighted by molar-refractivity contribution is -0.137. The number of alkyl halides is 3. The van der Waals surface area contributed by atoms with Crippen molar-refractivity contribution in [3.05, 3.63) is 62.1 Å². The van der Waals surface area contributed by atoms with Crippen molar-refractivity contribution in [2.45, 2.75) is 39.5 Å². The van der Waals surface area contributed by atoms with Gasteiger partial charge in [0.2, 0.25) is 5.91 Å². The summed E-state index contributed by atoms with van der Waals surface area (Å²) in [6, 6.07) is 6.16. The zero-order valence-corrected chi connectivity index (χ0v) is 17.1. The number of rotatable bonds is 6. The van der Waals surface area contributed by atoms with E-state index in [4.69, 9.17) is 0 Å². The zero-order valence-electron chi connectivity index (χ0n) is 16.3. The third kappa shape index (κ3) is 4.48. The van der Waals surface area contributed by atoms with Gasteiger partial charge in [-0.1, -0.05) is 26.0 Å².